The van der Waals surface area contributed by atoms with Gasteiger partial charge < -0.3 is 10.6 Å². The maximum Gasteiger partial charge on any atom is 0.319 e. The van der Waals surface area contributed by atoms with Gasteiger partial charge in [0, 0.05) is 11.4 Å². The van der Waals surface area contributed by atoms with Crippen LogP contribution < -0.4 is 10.6 Å². The summed E-state index contributed by atoms with van der Waals surface area (Å²) in [6.07, 6.45) is 4.79. The summed E-state index contributed by atoms with van der Waals surface area (Å²) < 4.78 is 0. The first-order valence-electron chi connectivity index (χ1n) is 7.79. The molecule has 0 aromatic heterocycles. The summed E-state index contributed by atoms with van der Waals surface area (Å²) in [6.45, 7) is 2.22. The lowest BCUT2D eigenvalue weighted by molar-refractivity contribution is 0.232. The zero-order valence-electron chi connectivity index (χ0n) is 12.4. The molecule has 2 amide bonds. The molecular formula is C18H22N2O. The lowest BCUT2D eigenvalue weighted by atomic mass is 9.86. The topological polar surface area (TPSA) is 41.1 Å². The fourth-order valence-electron chi connectivity index (χ4n) is 3.19. The summed E-state index contributed by atoms with van der Waals surface area (Å²) in [5.41, 5.74) is 0.870. The molecule has 1 saturated carbocycles. The Morgan fingerprint density at radius 2 is 1.81 bits per heavy atom. The van der Waals surface area contributed by atoms with Gasteiger partial charge in [-0.2, -0.15) is 0 Å². The van der Waals surface area contributed by atoms with Crippen molar-refractivity contribution in [3.63, 3.8) is 0 Å². The summed E-state index contributed by atoms with van der Waals surface area (Å²) >= 11 is 0. The molecule has 110 valence electrons. The predicted octanol–water partition coefficient (Wildman–Crippen LogP) is 4.54. The number of carbonyl (C=O) groups is 1. The van der Waals surface area contributed by atoms with Crippen LogP contribution in [-0.4, -0.2) is 12.1 Å². The lowest BCUT2D eigenvalue weighted by Gasteiger charge is -2.29. The van der Waals surface area contributed by atoms with Crippen LogP contribution in [0.5, 0.6) is 0 Å². The Morgan fingerprint density at radius 1 is 1.05 bits per heavy atom. The van der Waals surface area contributed by atoms with Crippen molar-refractivity contribution >= 4 is 22.5 Å². The normalized spacial score (nSPS) is 22.0. The molecule has 2 unspecified atom stereocenters. The number of fused-ring (bicyclic) bond motifs is 1. The highest BCUT2D eigenvalue weighted by Gasteiger charge is 2.22. The first-order valence-corrected chi connectivity index (χ1v) is 7.79. The molecule has 0 radical (unpaired) electrons. The minimum Gasteiger partial charge on any atom is -0.335 e. The summed E-state index contributed by atoms with van der Waals surface area (Å²) in [6, 6.07) is 14.3. The lowest BCUT2D eigenvalue weighted by Crippen LogP contribution is -2.43. The Bertz CT molecular complexity index is 633. The molecular weight excluding hydrogens is 260 g/mol. The van der Waals surface area contributed by atoms with E-state index in [1.165, 1.54) is 19.3 Å². The van der Waals surface area contributed by atoms with Crippen molar-refractivity contribution in [2.75, 3.05) is 5.32 Å². The van der Waals surface area contributed by atoms with E-state index >= 15 is 0 Å². The Hall–Kier alpha value is -2.03. The third kappa shape index (κ3) is 3.18. The number of hydrogen-bond donors (Lipinski definition) is 2. The van der Waals surface area contributed by atoms with E-state index in [-0.39, 0.29) is 6.03 Å². The molecule has 2 aromatic carbocycles. The maximum absolute atomic E-state index is 12.2. The van der Waals surface area contributed by atoms with Gasteiger partial charge in [0.05, 0.1) is 5.69 Å². The van der Waals surface area contributed by atoms with Crippen LogP contribution in [0.4, 0.5) is 10.5 Å². The minimum absolute atomic E-state index is 0.0925. The van der Waals surface area contributed by atoms with Crippen LogP contribution in [0.1, 0.15) is 32.6 Å². The molecule has 1 aliphatic carbocycles. The quantitative estimate of drug-likeness (QED) is 0.834. The number of urea groups is 1. The molecule has 0 bridgehead atoms. The highest BCUT2D eigenvalue weighted by molar-refractivity contribution is 6.01. The highest BCUT2D eigenvalue weighted by atomic mass is 16.2. The summed E-state index contributed by atoms with van der Waals surface area (Å²) in [7, 11) is 0. The average molecular weight is 282 g/mol. The molecule has 3 rings (SSSR count). The Kier molecular flexibility index (Phi) is 4.09. The van der Waals surface area contributed by atoms with E-state index < -0.39 is 0 Å². The number of amides is 2. The molecule has 21 heavy (non-hydrogen) atoms. The van der Waals surface area contributed by atoms with Crippen molar-refractivity contribution in [2.24, 2.45) is 5.92 Å². The Labute approximate surface area is 125 Å². The molecule has 2 atom stereocenters. The zero-order chi connectivity index (χ0) is 14.7. The molecule has 0 aliphatic heterocycles. The second-order valence-corrected chi connectivity index (χ2v) is 5.99. The van der Waals surface area contributed by atoms with Gasteiger partial charge in [-0.1, -0.05) is 56.2 Å². The fourth-order valence-corrected chi connectivity index (χ4v) is 3.19. The van der Waals surface area contributed by atoms with Crippen molar-refractivity contribution in [3.8, 4) is 0 Å². The molecule has 0 spiro atoms. The van der Waals surface area contributed by atoms with Crippen LogP contribution in [0.2, 0.25) is 0 Å². The van der Waals surface area contributed by atoms with E-state index in [0.29, 0.717) is 12.0 Å². The first-order chi connectivity index (χ1) is 10.2. The maximum atomic E-state index is 12.2. The fraction of sp³-hybridized carbons (Fsp3) is 0.389. The first kappa shape index (κ1) is 13.9. The van der Waals surface area contributed by atoms with Gasteiger partial charge in [-0.15, -0.1) is 0 Å². The second kappa shape index (κ2) is 6.17. The van der Waals surface area contributed by atoms with Gasteiger partial charge in [0.25, 0.3) is 0 Å². The molecule has 1 fully saturated rings. The van der Waals surface area contributed by atoms with Crippen LogP contribution in [0.15, 0.2) is 42.5 Å². The molecule has 0 heterocycles. The van der Waals surface area contributed by atoms with Crippen LogP contribution in [-0.2, 0) is 0 Å². The minimum atomic E-state index is -0.0925. The number of benzene rings is 2. The van der Waals surface area contributed by atoms with E-state index in [4.69, 9.17) is 0 Å². The van der Waals surface area contributed by atoms with Gasteiger partial charge in [-0.25, -0.2) is 4.79 Å². The van der Waals surface area contributed by atoms with Crippen molar-refractivity contribution in [1.29, 1.82) is 0 Å². The zero-order valence-corrected chi connectivity index (χ0v) is 12.4. The number of rotatable bonds is 2. The SMILES string of the molecule is CC1CCCCC1NC(=O)Nc1cccc2ccccc12. The van der Waals surface area contributed by atoms with E-state index in [2.05, 4.69) is 29.7 Å². The van der Waals surface area contributed by atoms with E-state index in [0.717, 1.165) is 22.9 Å². The number of anilines is 1. The number of hydrogen-bond acceptors (Lipinski definition) is 1. The third-order valence-electron chi connectivity index (χ3n) is 4.47. The molecule has 3 nitrogen and oxygen atoms in total. The molecule has 1 aliphatic rings. The average Bonchev–Trinajstić information content (AvgIpc) is 2.50. The van der Waals surface area contributed by atoms with Crippen molar-refractivity contribution in [3.05, 3.63) is 42.5 Å². The van der Waals surface area contributed by atoms with Crippen LogP contribution in [0, 0.1) is 5.92 Å². The smallest absolute Gasteiger partial charge is 0.319 e. The summed E-state index contributed by atoms with van der Waals surface area (Å²) in [5, 5.41) is 8.35. The monoisotopic (exact) mass is 282 g/mol. The van der Waals surface area contributed by atoms with Crippen LogP contribution in [0.25, 0.3) is 10.8 Å². The van der Waals surface area contributed by atoms with Crippen LogP contribution >= 0.6 is 0 Å². The van der Waals surface area contributed by atoms with Crippen molar-refractivity contribution < 1.29 is 4.79 Å². The summed E-state index contributed by atoms with van der Waals surface area (Å²) in [5.74, 6) is 0.567. The van der Waals surface area contributed by atoms with Gasteiger partial charge in [-0.05, 0) is 30.2 Å². The molecule has 2 N–H and O–H groups in total. The number of carbonyl (C=O) groups excluding carboxylic acids is 1. The van der Waals surface area contributed by atoms with Gasteiger partial charge >= 0.3 is 6.03 Å². The van der Waals surface area contributed by atoms with Gasteiger partial charge in [0.1, 0.15) is 0 Å². The van der Waals surface area contributed by atoms with Gasteiger partial charge in [0.15, 0.2) is 0 Å². The Morgan fingerprint density at radius 3 is 2.67 bits per heavy atom. The number of nitrogens with one attached hydrogen (secondary N) is 2. The standard InChI is InChI=1S/C18H22N2O/c1-13-7-2-5-11-16(13)19-18(21)20-17-12-6-9-14-8-3-4-10-15(14)17/h3-4,6,8-10,12-13,16H,2,5,7,11H2,1H3,(H2,19,20,21). The molecule has 3 heteroatoms. The molecule has 0 saturated heterocycles. The molecule has 2 aromatic rings. The Balaban J connectivity index is 1.71. The summed E-state index contributed by atoms with van der Waals surface area (Å²) in [4.78, 5) is 12.2. The van der Waals surface area contributed by atoms with Gasteiger partial charge in [-0.3, -0.25) is 0 Å². The van der Waals surface area contributed by atoms with E-state index in [1.54, 1.807) is 0 Å². The largest absolute Gasteiger partial charge is 0.335 e. The predicted molar refractivity (Wildman–Crippen MR) is 87.5 cm³/mol. The second-order valence-electron chi connectivity index (χ2n) is 5.99. The van der Waals surface area contributed by atoms with Gasteiger partial charge in [0.2, 0.25) is 0 Å². The van der Waals surface area contributed by atoms with E-state index in [1.807, 2.05) is 30.3 Å². The third-order valence-corrected chi connectivity index (χ3v) is 4.47. The van der Waals surface area contributed by atoms with Crippen molar-refractivity contribution in [1.82, 2.24) is 5.32 Å². The van der Waals surface area contributed by atoms with Crippen molar-refractivity contribution in [2.45, 2.75) is 38.6 Å². The van der Waals surface area contributed by atoms with E-state index in [9.17, 15) is 4.79 Å². The van der Waals surface area contributed by atoms with Crippen LogP contribution in [0.3, 0.4) is 0 Å². The highest BCUT2D eigenvalue weighted by Crippen LogP contribution is 2.25.